The summed E-state index contributed by atoms with van der Waals surface area (Å²) in [6.45, 7) is 2.51. The first kappa shape index (κ1) is 17.6. The Bertz CT molecular complexity index is 942. The lowest BCUT2D eigenvalue weighted by Gasteiger charge is -2.07. The molecule has 0 amide bonds. The largest absolute Gasteiger partial charge is 0.493 e. The van der Waals surface area contributed by atoms with Crippen LogP contribution in [0.4, 0.5) is 0 Å². The number of rotatable bonds is 6. The number of aromatic nitrogens is 1. The van der Waals surface area contributed by atoms with Gasteiger partial charge in [-0.15, -0.1) is 11.3 Å². The molecule has 0 aliphatic rings. The van der Waals surface area contributed by atoms with Gasteiger partial charge in [0.1, 0.15) is 16.5 Å². The van der Waals surface area contributed by atoms with E-state index in [1.807, 2.05) is 42.6 Å². The summed E-state index contributed by atoms with van der Waals surface area (Å²) >= 11 is 1.46. The molecule has 0 aliphatic carbocycles. The van der Waals surface area contributed by atoms with Crippen molar-refractivity contribution in [3.8, 4) is 28.1 Å². The summed E-state index contributed by atoms with van der Waals surface area (Å²) in [5, 5.41) is 11.4. The van der Waals surface area contributed by atoms with Crippen molar-refractivity contribution in [2.45, 2.75) is 13.3 Å². The van der Waals surface area contributed by atoms with E-state index in [0.717, 1.165) is 16.3 Å². The molecule has 0 saturated carbocycles. The number of carbonyl (C=O) groups excluding carboxylic acids is 1. The molecule has 0 aliphatic heterocycles. The first-order chi connectivity index (χ1) is 12.7. The second-order valence-corrected chi connectivity index (χ2v) is 6.22. The maximum Gasteiger partial charge on any atom is 0.317 e. The fourth-order valence-electron chi connectivity index (χ4n) is 2.35. The van der Waals surface area contributed by atoms with Crippen molar-refractivity contribution in [1.29, 1.82) is 5.26 Å². The van der Waals surface area contributed by atoms with Gasteiger partial charge in [-0.1, -0.05) is 12.1 Å². The topological polar surface area (TPSA) is 72.2 Å². The predicted octanol–water partition coefficient (Wildman–Crippen LogP) is 4.23. The van der Waals surface area contributed by atoms with Gasteiger partial charge in [0.25, 0.3) is 0 Å². The quantitative estimate of drug-likeness (QED) is 0.483. The molecule has 0 N–H and O–H groups in total. The molecule has 5 nitrogen and oxygen atoms in total. The van der Waals surface area contributed by atoms with Gasteiger partial charge >= 0.3 is 5.97 Å². The molecule has 6 heteroatoms. The summed E-state index contributed by atoms with van der Waals surface area (Å²) in [6, 6.07) is 16.1. The normalized spacial score (nSPS) is 10.2. The minimum atomic E-state index is -0.398. The zero-order valence-electron chi connectivity index (χ0n) is 14.1. The van der Waals surface area contributed by atoms with Gasteiger partial charge in [0.05, 0.1) is 35.9 Å². The van der Waals surface area contributed by atoms with Crippen LogP contribution < -0.4 is 9.47 Å². The number of hydrogen-bond acceptors (Lipinski definition) is 6. The average molecular weight is 364 g/mol. The molecular formula is C20H16N2O3S. The van der Waals surface area contributed by atoms with Gasteiger partial charge in [-0.25, -0.2) is 4.98 Å². The molecule has 0 spiro atoms. The standard InChI is InChI=1S/C20H16N2O3S/c1-2-24-18-6-4-3-5-17(18)20-22-15(13-26-20)11-19(23)25-16-9-7-14(12-21)8-10-16/h3-10,13H,2,11H2,1H3. The highest BCUT2D eigenvalue weighted by molar-refractivity contribution is 7.13. The molecule has 3 aromatic rings. The van der Waals surface area contributed by atoms with Crippen molar-refractivity contribution in [2.24, 2.45) is 0 Å². The van der Waals surface area contributed by atoms with Crippen molar-refractivity contribution in [3.05, 3.63) is 65.2 Å². The fourth-order valence-corrected chi connectivity index (χ4v) is 3.20. The van der Waals surface area contributed by atoms with E-state index in [-0.39, 0.29) is 6.42 Å². The third-order valence-corrected chi connectivity index (χ3v) is 4.43. The van der Waals surface area contributed by atoms with Crippen LogP contribution in [-0.2, 0) is 11.2 Å². The monoisotopic (exact) mass is 364 g/mol. The van der Waals surface area contributed by atoms with Crippen LogP contribution in [0.25, 0.3) is 10.6 Å². The lowest BCUT2D eigenvalue weighted by Crippen LogP contribution is -2.11. The van der Waals surface area contributed by atoms with Crippen LogP contribution >= 0.6 is 11.3 Å². The molecule has 0 atom stereocenters. The zero-order valence-corrected chi connectivity index (χ0v) is 15.0. The molecule has 0 fully saturated rings. The Labute approximate surface area is 155 Å². The van der Waals surface area contributed by atoms with Gasteiger partial charge in [0.15, 0.2) is 0 Å². The van der Waals surface area contributed by atoms with Crippen LogP contribution in [0.5, 0.6) is 11.5 Å². The van der Waals surface area contributed by atoms with Crippen LogP contribution in [0.1, 0.15) is 18.2 Å². The van der Waals surface area contributed by atoms with Crippen LogP contribution in [0.15, 0.2) is 53.9 Å². The highest BCUT2D eigenvalue weighted by Gasteiger charge is 2.13. The molecule has 3 rings (SSSR count). The minimum absolute atomic E-state index is 0.0767. The Balaban J connectivity index is 1.68. The van der Waals surface area contributed by atoms with E-state index in [4.69, 9.17) is 14.7 Å². The summed E-state index contributed by atoms with van der Waals surface area (Å²) in [4.78, 5) is 16.6. The second kappa shape index (κ2) is 8.28. The number of nitrogens with zero attached hydrogens (tertiary/aromatic N) is 2. The SMILES string of the molecule is CCOc1ccccc1-c1nc(CC(=O)Oc2ccc(C#N)cc2)cs1. The lowest BCUT2D eigenvalue weighted by atomic mass is 10.2. The number of para-hydroxylation sites is 1. The van der Waals surface area contributed by atoms with Crippen molar-refractivity contribution in [2.75, 3.05) is 6.61 Å². The summed E-state index contributed by atoms with van der Waals surface area (Å²) in [5.41, 5.74) is 2.07. The van der Waals surface area contributed by atoms with Gasteiger partial charge in [0.2, 0.25) is 0 Å². The lowest BCUT2D eigenvalue weighted by molar-refractivity contribution is -0.133. The first-order valence-electron chi connectivity index (χ1n) is 8.07. The first-order valence-corrected chi connectivity index (χ1v) is 8.95. The van der Waals surface area contributed by atoms with Gasteiger partial charge in [-0.05, 0) is 43.3 Å². The maximum atomic E-state index is 12.1. The summed E-state index contributed by atoms with van der Waals surface area (Å²) in [7, 11) is 0. The maximum absolute atomic E-state index is 12.1. The molecule has 0 bridgehead atoms. The number of benzene rings is 2. The van der Waals surface area contributed by atoms with Gasteiger partial charge in [0, 0.05) is 5.38 Å². The van der Waals surface area contributed by atoms with Crippen molar-refractivity contribution >= 4 is 17.3 Å². The van der Waals surface area contributed by atoms with Crippen molar-refractivity contribution < 1.29 is 14.3 Å². The Hall–Kier alpha value is -3.17. The molecule has 2 aromatic carbocycles. The molecule has 1 aromatic heterocycles. The highest BCUT2D eigenvalue weighted by atomic mass is 32.1. The Morgan fingerprint density at radius 1 is 1.19 bits per heavy atom. The predicted molar refractivity (Wildman–Crippen MR) is 99.2 cm³/mol. The third kappa shape index (κ3) is 4.26. The third-order valence-electron chi connectivity index (χ3n) is 3.51. The van der Waals surface area contributed by atoms with E-state index in [9.17, 15) is 4.79 Å². The van der Waals surface area contributed by atoms with Gasteiger partial charge < -0.3 is 9.47 Å². The molecule has 130 valence electrons. The van der Waals surface area contributed by atoms with Gasteiger partial charge in [-0.3, -0.25) is 4.79 Å². The fraction of sp³-hybridized carbons (Fsp3) is 0.150. The van der Waals surface area contributed by atoms with E-state index in [1.54, 1.807) is 24.3 Å². The van der Waals surface area contributed by atoms with E-state index in [2.05, 4.69) is 4.98 Å². The number of esters is 1. The average Bonchev–Trinajstić information content (AvgIpc) is 3.11. The number of thiazole rings is 1. The molecule has 26 heavy (non-hydrogen) atoms. The van der Waals surface area contributed by atoms with Crippen molar-refractivity contribution in [1.82, 2.24) is 4.98 Å². The number of hydrogen-bond donors (Lipinski definition) is 0. The van der Waals surface area contributed by atoms with Crippen LogP contribution in [0, 0.1) is 11.3 Å². The molecule has 1 heterocycles. The summed E-state index contributed by atoms with van der Waals surface area (Å²) in [5.74, 6) is 0.784. The smallest absolute Gasteiger partial charge is 0.317 e. The summed E-state index contributed by atoms with van der Waals surface area (Å²) < 4.78 is 10.9. The van der Waals surface area contributed by atoms with Crippen molar-refractivity contribution in [3.63, 3.8) is 0 Å². The van der Waals surface area contributed by atoms with Crippen LogP contribution in [0.2, 0.25) is 0 Å². The minimum Gasteiger partial charge on any atom is -0.493 e. The van der Waals surface area contributed by atoms with Crippen LogP contribution in [0.3, 0.4) is 0 Å². The van der Waals surface area contributed by atoms with Crippen LogP contribution in [-0.4, -0.2) is 17.6 Å². The van der Waals surface area contributed by atoms with E-state index in [0.29, 0.717) is 23.6 Å². The zero-order chi connectivity index (χ0) is 18.4. The Morgan fingerprint density at radius 3 is 2.69 bits per heavy atom. The van der Waals surface area contributed by atoms with E-state index in [1.165, 1.54) is 11.3 Å². The Morgan fingerprint density at radius 2 is 1.96 bits per heavy atom. The number of nitriles is 1. The number of ether oxygens (including phenoxy) is 2. The second-order valence-electron chi connectivity index (χ2n) is 5.36. The molecule has 0 radical (unpaired) electrons. The van der Waals surface area contributed by atoms with E-state index >= 15 is 0 Å². The van der Waals surface area contributed by atoms with Gasteiger partial charge in [-0.2, -0.15) is 5.26 Å². The van der Waals surface area contributed by atoms with E-state index < -0.39 is 5.97 Å². The molecular weight excluding hydrogens is 348 g/mol. The highest BCUT2D eigenvalue weighted by Crippen LogP contribution is 2.32. The Kier molecular flexibility index (Phi) is 5.62. The number of carbonyl (C=O) groups is 1. The molecule has 0 unspecified atom stereocenters. The summed E-state index contributed by atoms with van der Waals surface area (Å²) in [6.07, 6.45) is 0.0767. The molecule has 0 saturated heterocycles.